The lowest BCUT2D eigenvalue weighted by molar-refractivity contribution is 0.152. The summed E-state index contributed by atoms with van der Waals surface area (Å²) in [5.74, 6) is 0. The Morgan fingerprint density at radius 1 is 0.588 bits per heavy atom. The summed E-state index contributed by atoms with van der Waals surface area (Å²) in [6.07, 6.45) is 21.0. The lowest BCUT2D eigenvalue weighted by Gasteiger charge is -2.09. The Bertz CT molecular complexity index is 186. The van der Waals surface area contributed by atoms with Crippen LogP contribution in [0.3, 0.4) is 0 Å². The van der Waals surface area contributed by atoms with Gasteiger partial charge >= 0.3 is 0 Å². The van der Waals surface area contributed by atoms with Gasteiger partial charge in [-0.05, 0) is 32.1 Å². The van der Waals surface area contributed by atoms with E-state index in [1.165, 1.54) is 64.2 Å². The van der Waals surface area contributed by atoms with Crippen molar-refractivity contribution in [1.82, 2.24) is 0 Å². The summed E-state index contributed by atoms with van der Waals surface area (Å²) < 4.78 is 0. The molecule has 0 radical (unpaired) electrons. The van der Waals surface area contributed by atoms with Gasteiger partial charge in [-0.3, -0.25) is 0 Å². The van der Waals surface area contributed by atoms with Crippen molar-refractivity contribution in [2.24, 2.45) is 0 Å². The minimum absolute atomic E-state index is 0.0624. The Morgan fingerprint density at radius 3 is 1.82 bits per heavy atom. The lowest BCUT2D eigenvalue weighted by Crippen LogP contribution is -2.05. The summed E-state index contributed by atoms with van der Waals surface area (Å²) in [4.78, 5) is 0. The second-order valence-corrected chi connectivity index (χ2v) is 5.46. The van der Waals surface area contributed by atoms with Gasteiger partial charge in [0.25, 0.3) is 0 Å². The van der Waals surface area contributed by atoms with Crippen LogP contribution < -0.4 is 0 Å². The molecular formula is C16H30O. The highest BCUT2D eigenvalue weighted by molar-refractivity contribution is 4.82. The number of hydrogen-bond donors (Lipinski definition) is 1. The van der Waals surface area contributed by atoms with E-state index in [2.05, 4.69) is 12.2 Å². The molecule has 1 aliphatic rings. The number of allylic oxidation sites excluding steroid dienone is 2. The van der Waals surface area contributed by atoms with Crippen LogP contribution >= 0.6 is 0 Å². The minimum atomic E-state index is -0.0624. The molecule has 0 saturated carbocycles. The van der Waals surface area contributed by atoms with Crippen molar-refractivity contribution < 1.29 is 5.11 Å². The van der Waals surface area contributed by atoms with Crippen LogP contribution in [0.2, 0.25) is 0 Å². The van der Waals surface area contributed by atoms with E-state index in [1.807, 2.05) is 0 Å². The number of aliphatic hydroxyl groups is 1. The van der Waals surface area contributed by atoms with Crippen LogP contribution in [-0.4, -0.2) is 11.2 Å². The van der Waals surface area contributed by atoms with Crippen LogP contribution in [0, 0.1) is 0 Å². The van der Waals surface area contributed by atoms with Crippen LogP contribution in [0.25, 0.3) is 0 Å². The molecule has 1 rings (SSSR count). The maximum Gasteiger partial charge on any atom is 0.0543 e. The molecule has 1 nitrogen and oxygen atoms in total. The second kappa shape index (κ2) is 10.8. The smallest absolute Gasteiger partial charge is 0.0543 e. The molecule has 0 spiro atoms. The molecule has 0 aromatic carbocycles. The maximum absolute atomic E-state index is 9.79. The van der Waals surface area contributed by atoms with Gasteiger partial charge < -0.3 is 5.11 Å². The molecule has 1 N–H and O–H groups in total. The highest BCUT2D eigenvalue weighted by Crippen LogP contribution is 2.14. The molecule has 1 heteroatoms. The van der Waals surface area contributed by atoms with E-state index in [4.69, 9.17) is 0 Å². The zero-order valence-electron chi connectivity index (χ0n) is 11.4. The van der Waals surface area contributed by atoms with E-state index in [9.17, 15) is 5.11 Å². The fourth-order valence-electron chi connectivity index (χ4n) is 2.55. The van der Waals surface area contributed by atoms with Gasteiger partial charge in [0.1, 0.15) is 0 Å². The summed E-state index contributed by atoms with van der Waals surface area (Å²) in [5.41, 5.74) is 0. The molecule has 0 amide bonds. The average molecular weight is 238 g/mol. The van der Waals surface area contributed by atoms with Gasteiger partial charge in [0.2, 0.25) is 0 Å². The van der Waals surface area contributed by atoms with Crippen molar-refractivity contribution in [1.29, 1.82) is 0 Å². The van der Waals surface area contributed by atoms with Crippen molar-refractivity contribution in [3.05, 3.63) is 12.2 Å². The van der Waals surface area contributed by atoms with E-state index in [-0.39, 0.29) is 6.10 Å². The van der Waals surface area contributed by atoms with Gasteiger partial charge in [-0.2, -0.15) is 0 Å². The third kappa shape index (κ3) is 9.41. The third-order valence-electron chi connectivity index (χ3n) is 3.74. The van der Waals surface area contributed by atoms with Crippen molar-refractivity contribution in [3.8, 4) is 0 Å². The largest absolute Gasteiger partial charge is 0.393 e. The Morgan fingerprint density at radius 2 is 1.12 bits per heavy atom. The van der Waals surface area contributed by atoms with E-state index >= 15 is 0 Å². The van der Waals surface area contributed by atoms with Crippen LogP contribution in [0.4, 0.5) is 0 Å². The predicted octanol–water partition coefficient (Wildman–Crippen LogP) is 4.99. The summed E-state index contributed by atoms with van der Waals surface area (Å²) in [7, 11) is 0. The van der Waals surface area contributed by atoms with E-state index in [1.54, 1.807) is 0 Å². The van der Waals surface area contributed by atoms with Gasteiger partial charge in [0.15, 0.2) is 0 Å². The van der Waals surface area contributed by atoms with E-state index < -0.39 is 0 Å². The van der Waals surface area contributed by atoms with Gasteiger partial charge in [0, 0.05) is 0 Å². The molecule has 0 fully saturated rings. The minimum Gasteiger partial charge on any atom is -0.393 e. The van der Waals surface area contributed by atoms with Gasteiger partial charge in [-0.15, -0.1) is 0 Å². The molecule has 1 unspecified atom stereocenters. The van der Waals surface area contributed by atoms with Crippen LogP contribution in [0.5, 0.6) is 0 Å². The SMILES string of the molecule is OC1CCC=CCCCCCCCCCCC1. The van der Waals surface area contributed by atoms with Gasteiger partial charge in [-0.25, -0.2) is 0 Å². The molecule has 0 saturated heterocycles. The zero-order chi connectivity index (χ0) is 12.2. The first-order valence-electron chi connectivity index (χ1n) is 7.72. The topological polar surface area (TPSA) is 20.2 Å². The summed E-state index contributed by atoms with van der Waals surface area (Å²) >= 11 is 0. The lowest BCUT2D eigenvalue weighted by atomic mass is 10.0. The third-order valence-corrected chi connectivity index (χ3v) is 3.74. The molecule has 0 aromatic rings. The molecule has 100 valence electrons. The van der Waals surface area contributed by atoms with Gasteiger partial charge in [0.05, 0.1) is 6.10 Å². The molecule has 17 heavy (non-hydrogen) atoms. The first-order valence-corrected chi connectivity index (χ1v) is 7.72. The molecule has 0 heterocycles. The van der Waals surface area contributed by atoms with Crippen LogP contribution in [0.1, 0.15) is 83.5 Å². The monoisotopic (exact) mass is 238 g/mol. The maximum atomic E-state index is 9.79. The quantitative estimate of drug-likeness (QED) is 0.590. The molecule has 0 aliphatic heterocycles. The molecule has 0 bridgehead atoms. The first-order chi connectivity index (χ1) is 8.39. The van der Waals surface area contributed by atoms with Crippen molar-refractivity contribution >= 4 is 0 Å². The fraction of sp³-hybridized carbons (Fsp3) is 0.875. The molecule has 0 aromatic heterocycles. The molecule has 1 aliphatic carbocycles. The summed E-state index contributed by atoms with van der Waals surface area (Å²) in [6, 6.07) is 0. The molecular weight excluding hydrogens is 208 g/mol. The Balaban J connectivity index is 2.17. The fourth-order valence-corrected chi connectivity index (χ4v) is 2.55. The normalized spacial score (nSPS) is 26.8. The second-order valence-electron chi connectivity index (χ2n) is 5.46. The van der Waals surface area contributed by atoms with E-state index in [0.717, 1.165) is 19.3 Å². The molecule has 1 atom stereocenters. The summed E-state index contributed by atoms with van der Waals surface area (Å²) in [6.45, 7) is 0. The van der Waals surface area contributed by atoms with Gasteiger partial charge in [-0.1, -0.05) is 63.5 Å². The van der Waals surface area contributed by atoms with E-state index in [0.29, 0.717) is 0 Å². The van der Waals surface area contributed by atoms with Crippen molar-refractivity contribution in [3.63, 3.8) is 0 Å². The average Bonchev–Trinajstić information content (AvgIpc) is 2.32. The predicted molar refractivity (Wildman–Crippen MR) is 75.2 cm³/mol. The van der Waals surface area contributed by atoms with Crippen molar-refractivity contribution in [2.75, 3.05) is 0 Å². The van der Waals surface area contributed by atoms with Crippen molar-refractivity contribution in [2.45, 2.75) is 89.6 Å². The Hall–Kier alpha value is -0.300. The highest BCUT2D eigenvalue weighted by Gasteiger charge is 2.02. The zero-order valence-corrected chi connectivity index (χ0v) is 11.4. The van der Waals surface area contributed by atoms with Crippen LogP contribution in [-0.2, 0) is 0 Å². The Kier molecular flexibility index (Phi) is 9.40. The number of rotatable bonds is 0. The van der Waals surface area contributed by atoms with Crippen LogP contribution in [0.15, 0.2) is 12.2 Å². The number of aliphatic hydroxyl groups excluding tert-OH is 1. The first kappa shape index (κ1) is 14.8. The highest BCUT2D eigenvalue weighted by atomic mass is 16.3. The Labute approximate surface area is 107 Å². The standard InChI is InChI=1S/C16H30O/c17-16-14-12-10-8-6-4-2-1-3-5-7-9-11-13-15-16/h8,10,16-17H,1-7,9,11-15H2. The number of hydrogen-bond acceptors (Lipinski definition) is 1. The summed E-state index contributed by atoms with van der Waals surface area (Å²) in [5, 5.41) is 9.79.